The van der Waals surface area contributed by atoms with Crippen LogP contribution in [-0.2, 0) is 0 Å². The average Bonchev–Trinajstić information content (AvgIpc) is 2.53. The standard InChI is InChI=1S/C13H24N4O/c1-8(2)17-13(12(14)9(3)15-17)16(4)7-10-5-11(18)6-10/h8,10-11,18H,5-7,14H2,1-4H3. The van der Waals surface area contributed by atoms with Gasteiger partial charge in [0.15, 0.2) is 5.82 Å². The Morgan fingerprint density at radius 1 is 1.50 bits per heavy atom. The van der Waals surface area contributed by atoms with Gasteiger partial charge in [-0.25, -0.2) is 4.68 Å². The van der Waals surface area contributed by atoms with Crippen LogP contribution in [0, 0.1) is 12.8 Å². The van der Waals surface area contributed by atoms with Crippen molar-refractivity contribution in [2.24, 2.45) is 5.92 Å². The highest BCUT2D eigenvalue weighted by Gasteiger charge is 2.29. The van der Waals surface area contributed by atoms with Crippen molar-refractivity contribution < 1.29 is 5.11 Å². The molecule has 0 aromatic carbocycles. The Balaban J connectivity index is 2.15. The van der Waals surface area contributed by atoms with Crippen molar-refractivity contribution in [1.29, 1.82) is 0 Å². The molecule has 5 nitrogen and oxygen atoms in total. The molecule has 0 aliphatic heterocycles. The van der Waals surface area contributed by atoms with E-state index in [-0.39, 0.29) is 6.10 Å². The Morgan fingerprint density at radius 3 is 2.61 bits per heavy atom. The molecule has 1 aromatic heterocycles. The van der Waals surface area contributed by atoms with Crippen molar-refractivity contribution in [2.75, 3.05) is 24.2 Å². The first-order chi connectivity index (χ1) is 8.40. The molecule has 102 valence electrons. The number of aryl methyl sites for hydroxylation is 1. The highest BCUT2D eigenvalue weighted by Crippen LogP contribution is 2.33. The molecular weight excluding hydrogens is 228 g/mol. The van der Waals surface area contributed by atoms with Gasteiger partial charge in [-0.05, 0) is 39.5 Å². The molecule has 1 fully saturated rings. The zero-order valence-electron chi connectivity index (χ0n) is 11.7. The van der Waals surface area contributed by atoms with Gasteiger partial charge in [0.05, 0.1) is 17.5 Å². The van der Waals surface area contributed by atoms with Gasteiger partial charge in [0, 0.05) is 19.6 Å². The second-order valence-corrected chi connectivity index (χ2v) is 5.73. The van der Waals surface area contributed by atoms with Crippen LogP contribution in [0.5, 0.6) is 0 Å². The lowest BCUT2D eigenvalue weighted by atomic mass is 9.82. The molecular formula is C13H24N4O. The van der Waals surface area contributed by atoms with Gasteiger partial charge in [-0.15, -0.1) is 0 Å². The smallest absolute Gasteiger partial charge is 0.150 e. The Bertz CT molecular complexity index is 421. The molecule has 1 aliphatic rings. The number of nitrogens with zero attached hydrogens (tertiary/aromatic N) is 3. The quantitative estimate of drug-likeness (QED) is 0.853. The van der Waals surface area contributed by atoms with E-state index in [1.165, 1.54) is 0 Å². The minimum Gasteiger partial charge on any atom is -0.394 e. The van der Waals surface area contributed by atoms with E-state index in [0.29, 0.717) is 12.0 Å². The molecule has 0 atom stereocenters. The third-order valence-electron chi connectivity index (χ3n) is 3.70. The molecule has 0 bridgehead atoms. The van der Waals surface area contributed by atoms with E-state index >= 15 is 0 Å². The summed E-state index contributed by atoms with van der Waals surface area (Å²) in [7, 11) is 2.05. The lowest BCUT2D eigenvalue weighted by Crippen LogP contribution is -2.38. The lowest BCUT2D eigenvalue weighted by molar-refractivity contribution is 0.0463. The molecule has 1 saturated carbocycles. The Kier molecular flexibility index (Phi) is 3.52. The summed E-state index contributed by atoms with van der Waals surface area (Å²) >= 11 is 0. The largest absolute Gasteiger partial charge is 0.394 e. The Morgan fingerprint density at radius 2 is 2.11 bits per heavy atom. The second kappa shape index (κ2) is 4.80. The summed E-state index contributed by atoms with van der Waals surface area (Å²) in [6, 6.07) is 0.297. The summed E-state index contributed by atoms with van der Waals surface area (Å²) < 4.78 is 1.99. The first-order valence-corrected chi connectivity index (χ1v) is 6.64. The maximum atomic E-state index is 9.34. The fourth-order valence-corrected chi connectivity index (χ4v) is 2.61. The molecule has 0 unspecified atom stereocenters. The highest BCUT2D eigenvalue weighted by atomic mass is 16.3. The van der Waals surface area contributed by atoms with Crippen LogP contribution in [0.1, 0.15) is 38.4 Å². The first kappa shape index (κ1) is 13.2. The van der Waals surface area contributed by atoms with E-state index in [1.807, 2.05) is 11.6 Å². The van der Waals surface area contributed by atoms with E-state index in [1.54, 1.807) is 0 Å². The van der Waals surface area contributed by atoms with Crippen LogP contribution in [0.4, 0.5) is 11.5 Å². The van der Waals surface area contributed by atoms with E-state index in [9.17, 15) is 5.11 Å². The third kappa shape index (κ3) is 2.32. The maximum Gasteiger partial charge on any atom is 0.150 e. The van der Waals surface area contributed by atoms with Crippen molar-refractivity contribution in [1.82, 2.24) is 9.78 Å². The summed E-state index contributed by atoms with van der Waals surface area (Å²) in [6.07, 6.45) is 1.70. The number of aliphatic hydroxyl groups is 1. The maximum absolute atomic E-state index is 9.34. The number of rotatable bonds is 4. The molecule has 2 rings (SSSR count). The molecule has 3 N–H and O–H groups in total. The Labute approximate surface area is 109 Å². The van der Waals surface area contributed by atoms with Gasteiger partial charge in [-0.3, -0.25) is 0 Å². The van der Waals surface area contributed by atoms with Crippen LogP contribution in [0.2, 0.25) is 0 Å². The zero-order valence-corrected chi connectivity index (χ0v) is 11.7. The van der Waals surface area contributed by atoms with Gasteiger partial charge in [0.1, 0.15) is 0 Å². The van der Waals surface area contributed by atoms with Crippen molar-refractivity contribution in [3.05, 3.63) is 5.69 Å². The average molecular weight is 252 g/mol. The Hall–Kier alpha value is -1.23. The predicted molar refractivity (Wildman–Crippen MR) is 73.8 cm³/mol. The topological polar surface area (TPSA) is 67.3 Å². The van der Waals surface area contributed by atoms with E-state index in [0.717, 1.165) is 36.6 Å². The number of hydrogen-bond acceptors (Lipinski definition) is 4. The van der Waals surface area contributed by atoms with Crippen LogP contribution >= 0.6 is 0 Å². The number of hydrogen-bond donors (Lipinski definition) is 2. The van der Waals surface area contributed by atoms with Crippen molar-refractivity contribution >= 4 is 11.5 Å². The van der Waals surface area contributed by atoms with Crippen LogP contribution in [-0.4, -0.2) is 34.6 Å². The molecule has 0 radical (unpaired) electrons. The van der Waals surface area contributed by atoms with E-state index < -0.39 is 0 Å². The molecule has 1 aliphatic carbocycles. The fraction of sp³-hybridized carbons (Fsp3) is 0.769. The zero-order chi connectivity index (χ0) is 13.4. The third-order valence-corrected chi connectivity index (χ3v) is 3.70. The van der Waals surface area contributed by atoms with Gasteiger partial charge < -0.3 is 15.7 Å². The minimum absolute atomic E-state index is 0.0995. The SMILES string of the molecule is Cc1nn(C(C)C)c(N(C)CC2CC(O)C2)c1N. The number of nitrogens with two attached hydrogens (primary N) is 1. The number of nitrogen functional groups attached to an aromatic ring is 1. The number of aromatic nitrogens is 2. The van der Waals surface area contributed by atoms with E-state index in [4.69, 9.17) is 5.73 Å². The molecule has 0 spiro atoms. The fourth-order valence-electron chi connectivity index (χ4n) is 2.61. The van der Waals surface area contributed by atoms with Crippen molar-refractivity contribution in [2.45, 2.75) is 45.8 Å². The molecule has 1 heterocycles. The lowest BCUT2D eigenvalue weighted by Gasteiger charge is -2.35. The molecule has 0 amide bonds. The van der Waals surface area contributed by atoms with Crippen LogP contribution in [0.15, 0.2) is 0 Å². The first-order valence-electron chi connectivity index (χ1n) is 6.64. The second-order valence-electron chi connectivity index (χ2n) is 5.73. The molecule has 5 heteroatoms. The van der Waals surface area contributed by atoms with Crippen molar-refractivity contribution in [3.8, 4) is 0 Å². The molecule has 1 aromatic rings. The number of aliphatic hydroxyl groups excluding tert-OH is 1. The summed E-state index contributed by atoms with van der Waals surface area (Å²) in [4.78, 5) is 2.17. The number of anilines is 2. The van der Waals surface area contributed by atoms with Gasteiger partial charge in [-0.1, -0.05) is 0 Å². The predicted octanol–water partition coefficient (Wildman–Crippen LogP) is 1.56. The van der Waals surface area contributed by atoms with Gasteiger partial charge in [0.2, 0.25) is 0 Å². The molecule has 0 saturated heterocycles. The molecule has 18 heavy (non-hydrogen) atoms. The monoisotopic (exact) mass is 252 g/mol. The summed E-state index contributed by atoms with van der Waals surface area (Å²) in [5.74, 6) is 1.57. The van der Waals surface area contributed by atoms with Crippen molar-refractivity contribution in [3.63, 3.8) is 0 Å². The van der Waals surface area contributed by atoms with Crippen LogP contribution in [0.25, 0.3) is 0 Å². The van der Waals surface area contributed by atoms with E-state index in [2.05, 4.69) is 30.9 Å². The summed E-state index contributed by atoms with van der Waals surface area (Å²) in [5.41, 5.74) is 7.79. The van der Waals surface area contributed by atoms with Crippen LogP contribution < -0.4 is 10.6 Å². The normalized spacial score (nSPS) is 23.2. The van der Waals surface area contributed by atoms with Crippen LogP contribution in [0.3, 0.4) is 0 Å². The summed E-state index contributed by atoms with van der Waals surface area (Å²) in [5, 5.41) is 13.8. The van der Waals surface area contributed by atoms with Gasteiger partial charge in [0.25, 0.3) is 0 Å². The van der Waals surface area contributed by atoms with Gasteiger partial charge >= 0.3 is 0 Å². The minimum atomic E-state index is -0.0995. The summed E-state index contributed by atoms with van der Waals surface area (Å²) in [6.45, 7) is 7.09. The van der Waals surface area contributed by atoms with Gasteiger partial charge in [-0.2, -0.15) is 5.10 Å². The highest BCUT2D eigenvalue weighted by molar-refractivity contribution is 5.66.